The summed E-state index contributed by atoms with van der Waals surface area (Å²) in [6.45, 7) is 0. The summed E-state index contributed by atoms with van der Waals surface area (Å²) in [5, 5.41) is 14.8. The van der Waals surface area contributed by atoms with Gasteiger partial charge in [0, 0.05) is 12.4 Å². The van der Waals surface area contributed by atoms with Gasteiger partial charge in [-0.1, -0.05) is 11.3 Å². The molecule has 1 aromatic carbocycles. The molecule has 0 saturated carbocycles. The van der Waals surface area contributed by atoms with Crippen LogP contribution >= 0.6 is 11.3 Å². The maximum absolute atomic E-state index is 10.4. The van der Waals surface area contributed by atoms with Crippen molar-refractivity contribution in [1.29, 1.82) is 0 Å². The lowest BCUT2D eigenvalue weighted by Gasteiger charge is -2.03. The van der Waals surface area contributed by atoms with E-state index in [2.05, 4.69) is 5.10 Å². The molecule has 7 heteroatoms. The van der Waals surface area contributed by atoms with Gasteiger partial charge in [-0.2, -0.15) is 0 Å². The van der Waals surface area contributed by atoms with Gasteiger partial charge < -0.3 is 9.30 Å². The fourth-order valence-corrected chi connectivity index (χ4v) is 2.44. The minimum absolute atomic E-state index is 0.353. The van der Waals surface area contributed by atoms with Gasteiger partial charge in [-0.3, -0.25) is 0 Å². The molecular formula is C11H11N3O3S. The molecule has 0 atom stereocenters. The largest absolute Gasteiger partial charge is 0.497 e. The predicted octanol–water partition coefficient (Wildman–Crippen LogP) is 1.85. The van der Waals surface area contributed by atoms with Crippen LogP contribution in [0.3, 0.4) is 0 Å². The van der Waals surface area contributed by atoms with Crippen molar-refractivity contribution in [3.05, 3.63) is 44.6 Å². The number of rotatable bonds is 3. The lowest BCUT2D eigenvalue weighted by atomic mass is 10.1. The molecule has 18 heavy (non-hydrogen) atoms. The number of benzene rings is 1. The highest BCUT2D eigenvalue weighted by atomic mass is 32.1. The van der Waals surface area contributed by atoms with Gasteiger partial charge in [0.25, 0.3) is 4.80 Å². The van der Waals surface area contributed by atoms with E-state index in [-0.39, 0.29) is 0 Å². The highest BCUT2D eigenvalue weighted by molar-refractivity contribution is 7.07. The van der Waals surface area contributed by atoms with Gasteiger partial charge >= 0.3 is 0 Å². The third kappa shape index (κ3) is 2.40. The van der Waals surface area contributed by atoms with E-state index in [1.54, 1.807) is 18.7 Å². The minimum atomic E-state index is -0.691. The summed E-state index contributed by atoms with van der Waals surface area (Å²) in [7, 11) is 3.35. The third-order valence-electron chi connectivity index (χ3n) is 2.48. The van der Waals surface area contributed by atoms with Crippen LogP contribution in [-0.4, -0.2) is 16.7 Å². The molecule has 0 spiro atoms. The van der Waals surface area contributed by atoms with Crippen molar-refractivity contribution in [3.63, 3.8) is 0 Å². The summed E-state index contributed by atoms with van der Waals surface area (Å²) in [6.07, 6.45) is 0. The molecule has 0 aliphatic carbocycles. The van der Waals surface area contributed by atoms with E-state index in [1.807, 2.05) is 29.6 Å². The van der Waals surface area contributed by atoms with Gasteiger partial charge in [0.2, 0.25) is 0 Å². The van der Waals surface area contributed by atoms with Crippen molar-refractivity contribution >= 4 is 11.3 Å². The molecule has 0 N–H and O–H groups in total. The van der Waals surface area contributed by atoms with Crippen molar-refractivity contribution in [3.8, 4) is 17.0 Å². The van der Waals surface area contributed by atoms with Gasteiger partial charge in [-0.15, -0.1) is 0 Å². The average molecular weight is 265 g/mol. The Morgan fingerprint density at radius 1 is 1.39 bits per heavy atom. The van der Waals surface area contributed by atoms with Crippen LogP contribution in [0, 0.1) is 10.1 Å². The Bertz CT molecular complexity index is 628. The maximum Gasteiger partial charge on any atom is 0.262 e. The summed E-state index contributed by atoms with van der Waals surface area (Å²) in [5.41, 5.74) is 1.84. The van der Waals surface area contributed by atoms with E-state index >= 15 is 0 Å². The van der Waals surface area contributed by atoms with Crippen LogP contribution in [0.2, 0.25) is 0 Å². The Labute approximate surface area is 107 Å². The van der Waals surface area contributed by atoms with E-state index in [0.29, 0.717) is 4.80 Å². The van der Waals surface area contributed by atoms with Gasteiger partial charge in [0.05, 0.1) is 17.9 Å². The third-order valence-corrected chi connectivity index (χ3v) is 3.38. The molecule has 94 valence electrons. The topological polar surface area (TPSA) is 69.7 Å². The second-order valence-corrected chi connectivity index (χ2v) is 4.37. The molecule has 2 aromatic rings. The Balaban J connectivity index is 2.45. The number of hydrogen-bond acceptors (Lipinski definition) is 4. The monoisotopic (exact) mass is 265 g/mol. The number of methoxy groups -OCH3 is 1. The van der Waals surface area contributed by atoms with Crippen LogP contribution in [0.25, 0.3) is 11.3 Å². The van der Waals surface area contributed by atoms with Crippen molar-refractivity contribution in [1.82, 2.24) is 4.57 Å². The van der Waals surface area contributed by atoms with Crippen LogP contribution in [0.4, 0.5) is 0 Å². The fourth-order valence-electron chi connectivity index (χ4n) is 1.55. The van der Waals surface area contributed by atoms with Crippen LogP contribution in [0.5, 0.6) is 5.75 Å². The number of ether oxygens (including phenoxy) is 1. The molecule has 0 amide bonds. The van der Waals surface area contributed by atoms with Crippen LogP contribution in [0.15, 0.2) is 34.7 Å². The quantitative estimate of drug-likeness (QED) is 0.628. The summed E-state index contributed by atoms with van der Waals surface area (Å²) in [4.78, 5) is 10.7. The molecule has 6 nitrogen and oxygen atoms in total. The summed E-state index contributed by atoms with van der Waals surface area (Å²) >= 11 is 1.23. The van der Waals surface area contributed by atoms with Crippen LogP contribution in [0.1, 0.15) is 0 Å². The zero-order valence-corrected chi connectivity index (χ0v) is 10.7. The van der Waals surface area contributed by atoms with E-state index in [4.69, 9.17) is 4.74 Å². The Hall–Kier alpha value is -2.15. The van der Waals surface area contributed by atoms with Gasteiger partial charge in [0.1, 0.15) is 5.75 Å². The SMILES string of the molecule is COc1ccc(-c2cs/c(=N\[N+](=O)[O-])n2C)cc1. The first-order valence-corrected chi connectivity index (χ1v) is 5.98. The zero-order chi connectivity index (χ0) is 13.1. The van der Waals surface area contributed by atoms with Crippen molar-refractivity contribution in [2.24, 2.45) is 12.1 Å². The molecule has 1 aromatic heterocycles. The molecule has 1 heterocycles. The first kappa shape index (κ1) is 12.3. The maximum atomic E-state index is 10.4. The van der Waals surface area contributed by atoms with Crippen LogP contribution in [-0.2, 0) is 7.05 Å². The van der Waals surface area contributed by atoms with Crippen molar-refractivity contribution < 1.29 is 9.77 Å². The molecule has 0 unspecified atom stereocenters. The lowest BCUT2D eigenvalue weighted by Crippen LogP contribution is -2.13. The molecule has 0 radical (unpaired) electrons. The normalized spacial score (nSPS) is 11.6. The Kier molecular flexibility index (Phi) is 3.42. The first-order chi connectivity index (χ1) is 8.61. The number of nitrogens with zero attached hydrogens (tertiary/aromatic N) is 3. The van der Waals surface area contributed by atoms with E-state index in [1.165, 1.54) is 11.3 Å². The molecule has 2 rings (SSSR count). The zero-order valence-electron chi connectivity index (χ0n) is 9.86. The van der Waals surface area contributed by atoms with Gasteiger partial charge in [-0.05, 0) is 29.8 Å². The Morgan fingerprint density at radius 2 is 2.06 bits per heavy atom. The van der Waals surface area contributed by atoms with E-state index < -0.39 is 5.03 Å². The standard InChI is InChI=1S/C11H11N3O3S/c1-13-10(7-18-11(13)12-14(15)16)8-3-5-9(17-2)6-4-8/h3-7H,1-2H3/b12-11-. The van der Waals surface area contributed by atoms with Gasteiger partial charge in [0.15, 0.2) is 5.03 Å². The second-order valence-electron chi connectivity index (χ2n) is 3.53. The summed E-state index contributed by atoms with van der Waals surface area (Å²) in [6, 6.07) is 7.49. The van der Waals surface area contributed by atoms with Crippen molar-refractivity contribution in [2.45, 2.75) is 0 Å². The average Bonchev–Trinajstić information content (AvgIpc) is 2.71. The minimum Gasteiger partial charge on any atom is -0.497 e. The molecular weight excluding hydrogens is 254 g/mol. The highest BCUT2D eigenvalue weighted by Gasteiger charge is 2.06. The molecule has 0 bridgehead atoms. The molecule has 0 saturated heterocycles. The van der Waals surface area contributed by atoms with Gasteiger partial charge in [-0.25, -0.2) is 10.1 Å². The lowest BCUT2D eigenvalue weighted by molar-refractivity contribution is -0.490. The smallest absolute Gasteiger partial charge is 0.262 e. The summed E-state index contributed by atoms with van der Waals surface area (Å²) in [5.74, 6) is 0.770. The predicted molar refractivity (Wildman–Crippen MR) is 67.8 cm³/mol. The first-order valence-electron chi connectivity index (χ1n) is 5.10. The number of hydrogen-bond donors (Lipinski definition) is 0. The molecule has 0 aliphatic heterocycles. The van der Waals surface area contributed by atoms with Crippen molar-refractivity contribution in [2.75, 3.05) is 7.11 Å². The number of nitro groups is 1. The number of aromatic nitrogens is 1. The van der Waals surface area contributed by atoms with E-state index in [9.17, 15) is 10.1 Å². The fraction of sp³-hybridized carbons (Fsp3) is 0.182. The second kappa shape index (κ2) is 5.01. The number of thiazole rings is 1. The van der Waals surface area contributed by atoms with Crippen LogP contribution < -0.4 is 9.54 Å². The van der Waals surface area contributed by atoms with E-state index in [0.717, 1.165) is 17.0 Å². The molecule has 0 fully saturated rings. The summed E-state index contributed by atoms with van der Waals surface area (Å²) < 4.78 is 6.77. The Morgan fingerprint density at radius 3 is 2.61 bits per heavy atom. The molecule has 0 aliphatic rings. The highest BCUT2D eigenvalue weighted by Crippen LogP contribution is 2.22.